The van der Waals surface area contributed by atoms with Crippen LogP contribution in [-0.2, 0) is 6.42 Å². The molecule has 1 aromatic carbocycles. The molecule has 0 unspecified atom stereocenters. The number of ketones is 1. The average Bonchev–Trinajstić information content (AvgIpc) is 2.71. The van der Waals surface area contributed by atoms with Crippen molar-refractivity contribution in [2.24, 2.45) is 0 Å². The van der Waals surface area contributed by atoms with Crippen molar-refractivity contribution in [1.82, 2.24) is 9.78 Å². The summed E-state index contributed by atoms with van der Waals surface area (Å²) in [6, 6.07) is 6.17. The van der Waals surface area contributed by atoms with E-state index in [1.54, 1.807) is 23.0 Å². The van der Waals surface area contributed by atoms with Gasteiger partial charge in [-0.2, -0.15) is 5.10 Å². The lowest BCUT2D eigenvalue weighted by Crippen LogP contribution is -2.04. The molecule has 0 spiro atoms. The molecule has 1 aromatic heterocycles. The first-order valence-electron chi connectivity index (χ1n) is 6.12. The highest BCUT2D eigenvalue weighted by atomic mass is 19.1. The van der Waals surface area contributed by atoms with E-state index in [9.17, 15) is 9.18 Å². The van der Waals surface area contributed by atoms with E-state index in [4.69, 9.17) is 0 Å². The number of fused-ring (bicyclic) bond motifs is 1. The molecule has 3 rings (SSSR count). The molecule has 1 aliphatic rings. The van der Waals surface area contributed by atoms with Crippen molar-refractivity contribution in [3.63, 3.8) is 0 Å². The first-order valence-corrected chi connectivity index (χ1v) is 6.12. The smallest absolute Gasteiger partial charge is 0.166 e. The number of nitrogens with zero attached hydrogens (tertiary/aromatic N) is 2. The van der Waals surface area contributed by atoms with Crippen molar-refractivity contribution < 1.29 is 9.18 Å². The molecule has 0 bridgehead atoms. The van der Waals surface area contributed by atoms with Crippen LogP contribution >= 0.6 is 0 Å². The minimum atomic E-state index is -0.270. The maximum atomic E-state index is 12.9. The summed E-state index contributed by atoms with van der Waals surface area (Å²) in [5.41, 5.74) is 2.47. The standard InChI is InChI=1S/C14H13FN2O/c15-10-5-7-11(8-6-10)17-13-3-1-2-4-14(18)12(13)9-16-17/h5-9H,1-4H2. The Morgan fingerprint density at radius 3 is 2.61 bits per heavy atom. The van der Waals surface area contributed by atoms with Gasteiger partial charge in [-0.1, -0.05) is 0 Å². The predicted molar refractivity (Wildman–Crippen MR) is 65.4 cm³/mol. The molecule has 0 fully saturated rings. The number of benzene rings is 1. The quantitative estimate of drug-likeness (QED) is 0.723. The Balaban J connectivity index is 2.08. The largest absolute Gasteiger partial charge is 0.294 e. The monoisotopic (exact) mass is 244 g/mol. The van der Waals surface area contributed by atoms with Crippen molar-refractivity contribution in [1.29, 1.82) is 0 Å². The fraction of sp³-hybridized carbons (Fsp3) is 0.286. The number of Topliss-reactive ketones (excluding diaryl/α,β-unsaturated/α-hetero) is 1. The van der Waals surface area contributed by atoms with Crippen LogP contribution in [0.25, 0.3) is 5.69 Å². The van der Waals surface area contributed by atoms with Crippen LogP contribution in [0.3, 0.4) is 0 Å². The van der Waals surface area contributed by atoms with Gasteiger partial charge in [0.1, 0.15) is 5.82 Å². The van der Waals surface area contributed by atoms with Crippen LogP contribution in [0.4, 0.5) is 4.39 Å². The van der Waals surface area contributed by atoms with Crippen LogP contribution in [0.2, 0.25) is 0 Å². The molecule has 92 valence electrons. The number of hydrogen-bond acceptors (Lipinski definition) is 2. The lowest BCUT2D eigenvalue weighted by atomic mass is 10.1. The van der Waals surface area contributed by atoms with Crippen LogP contribution < -0.4 is 0 Å². The van der Waals surface area contributed by atoms with E-state index in [0.717, 1.165) is 36.2 Å². The molecule has 3 nitrogen and oxygen atoms in total. The van der Waals surface area contributed by atoms with Gasteiger partial charge in [-0.05, 0) is 43.5 Å². The Morgan fingerprint density at radius 2 is 1.83 bits per heavy atom. The molecule has 2 aromatic rings. The van der Waals surface area contributed by atoms with Crippen LogP contribution in [0, 0.1) is 5.82 Å². The van der Waals surface area contributed by atoms with Gasteiger partial charge in [-0.3, -0.25) is 4.79 Å². The van der Waals surface area contributed by atoms with Gasteiger partial charge in [0.25, 0.3) is 0 Å². The van der Waals surface area contributed by atoms with Crippen LogP contribution in [0.15, 0.2) is 30.5 Å². The van der Waals surface area contributed by atoms with Gasteiger partial charge < -0.3 is 0 Å². The molecule has 0 saturated carbocycles. The highest BCUT2D eigenvalue weighted by molar-refractivity contribution is 5.97. The Hall–Kier alpha value is -1.97. The summed E-state index contributed by atoms with van der Waals surface area (Å²) < 4.78 is 14.7. The van der Waals surface area contributed by atoms with Crippen molar-refractivity contribution in [2.75, 3.05) is 0 Å². The van der Waals surface area contributed by atoms with E-state index >= 15 is 0 Å². The normalized spacial score (nSPS) is 15.3. The second-order valence-electron chi connectivity index (χ2n) is 4.52. The fourth-order valence-corrected chi connectivity index (χ4v) is 2.36. The summed E-state index contributed by atoms with van der Waals surface area (Å²) in [6.45, 7) is 0. The van der Waals surface area contributed by atoms with Gasteiger partial charge in [0.15, 0.2) is 5.78 Å². The van der Waals surface area contributed by atoms with E-state index in [0.29, 0.717) is 6.42 Å². The summed E-state index contributed by atoms with van der Waals surface area (Å²) in [5.74, 6) is -0.107. The second-order valence-corrected chi connectivity index (χ2v) is 4.52. The SMILES string of the molecule is O=C1CCCCc2c1cnn2-c1ccc(F)cc1. The molecule has 0 atom stereocenters. The van der Waals surface area contributed by atoms with Gasteiger partial charge in [0.2, 0.25) is 0 Å². The first kappa shape index (κ1) is 11.1. The summed E-state index contributed by atoms with van der Waals surface area (Å²) in [4.78, 5) is 11.9. The third kappa shape index (κ3) is 1.83. The number of halogens is 1. The maximum absolute atomic E-state index is 12.9. The van der Waals surface area contributed by atoms with E-state index in [-0.39, 0.29) is 11.6 Å². The topological polar surface area (TPSA) is 34.9 Å². The average molecular weight is 244 g/mol. The molecule has 4 heteroatoms. The third-order valence-corrected chi connectivity index (χ3v) is 3.31. The molecule has 18 heavy (non-hydrogen) atoms. The molecule has 0 amide bonds. The molecule has 1 aliphatic carbocycles. The Bertz CT molecular complexity index is 586. The number of rotatable bonds is 1. The van der Waals surface area contributed by atoms with Crippen molar-refractivity contribution >= 4 is 5.78 Å². The van der Waals surface area contributed by atoms with Gasteiger partial charge in [-0.15, -0.1) is 0 Å². The summed E-state index contributed by atoms with van der Waals surface area (Å²) in [7, 11) is 0. The molecule has 0 saturated heterocycles. The zero-order valence-electron chi connectivity index (χ0n) is 9.90. The van der Waals surface area contributed by atoms with E-state index in [1.807, 2.05) is 0 Å². The number of carbonyl (C=O) groups excluding carboxylic acids is 1. The summed E-state index contributed by atoms with van der Waals surface area (Å²) >= 11 is 0. The maximum Gasteiger partial charge on any atom is 0.166 e. The van der Waals surface area contributed by atoms with E-state index in [2.05, 4.69) is 5.10 Å². The van der Waals surface area contributed by atoms with Crippen molar-refractivity contribution in [3.05, 3.63) is 47.5 Å². The number of hydrogen-bond donors (Lipinski definition) is 0. The van der Waals surface area contributed by atoms with Crippen molar-refractivity contribution in [3.8, 4) is 5.69 Å². The first-order chi connectivity index (χ1) is 8.75. The van der Waals surface area contributed by atoms with Crippen LogP contribution in [0.1, 0.15) is 35.3 Å². The van der Waals surface area contributed by atoms with E-state index in [1.165, 1.54) is 12.1 Å². The zero-order chi connectivity index (χ0) is 12.5. The second kappa shape index (κ2) is 4.37. The van der Waals surface area contributed by atoms with Gasteiger partial charge in [0.05, 0.1) is 23.1 Å². The minimum absolute atomic E-state index is 0.163. The molecule has 0 N–H and O–H groups in total. The number of carbonyl (C=O) groups is 1. The van der Waals surface area contributed by atoms with Crippen molar-refractivity contribution in [2.45, 2.75) is 25.7 Å². The van der Waals surface area contributed by atoms with Gasteiger partial charge in [-0.25, -0.2) is 9.07 Å². The summed E-state index contributed by atoms with van der Waals surface area (Å²) in [5, 5.41) is 4.26. The molecule has 0 radical (unpaired) electrons. The zero-order valence-corrected chi connectivity index (χ0v) is 9.90. The molecular weight excluding hydrogens is 231 g/mol. The Morgan fingerprint density at radius 1 is 1.11 bits per heavy atom. The molecule has 0 aliphatic heterocycles. The Labute approximate surface area is 104 Å². The van der Waals surface area contributed by atoms with Gasteiger partial charge in [0, 0.05) is 6.42 Å². The van der Waals surface area contributed by atoms with Gasteiger partial charge >= 0.3 is 0 Å². The number of aromatic nitrogens is 2. The Kier molecular flexibility index (Phi) is 2.70. The molecular formula is C14H13FN2O. The van der Waals surface area contributed by atoms with E-state index < -0.39 is 0 Å². The minimum Gasteiger partial charge on any atom is -0.294 e. The van der Waals surface area contributed by atoms with Crippen LogP contribution in [-0.4, -0.2) is 15.6 Å². The lowest BCUT2D eigenvalue weighted by Gasteiger charge is -2.07. The lowest BCUT2D eigenvalue weighted by molar-refractivity contribution is 0.0982. The third-order valence-electron chi connectivity index (χ3n) is 3.31. The summed E-state index contributed by atoms with van der Waals surface area (Å²) in [6.07, 6.45) is 5.00. The highest BCUT2D eigenvalue weighted by Crippen LogP contribution is 2.23. The van der Waals surface area contributed by atoms with Crippen LogP contribution in [0.5, 0.6) is 0 Å². The molecule has 1 heterocycles. The highest BCUT2D eigenvalue weighted by Gasteiger charge is 2.20. The fourth-order valence-electron chi connectivity index (χ4n) is 2.36. The predicted octanol–water partition coefficient (Wildman–Crippen LogP) is 2.92.